The Labute approximate surface area is 163 Å². The minimum atomic E-state index is -0.289. The van der Waals surface area contributed by atoms with Gasteiger partial charge in [0.1, 0.15) is 23.8 Å². The Kier molecular flexibility index (Phi) is 6.36. The molecule has 0 bridgehead atoms. The summed E-state index contributed by atoms with van der Waals surface area (Å²) < 4.78 is 18.2. The number of halogens is 1. The molecule has 8 nitrogen and oxygen atoms in total. The Morgan fingerprint density at radius 2 is 2.14 bits per heavy atom. The highest BCUT2D eigenvalue weighted by Gasteiger charge is 2.08. The highest BCUT2D eigenvalue weighted by molar-refractivity contribution is 5.79. The Bertz CT molecular complexity index is 943. The van der Waals surface area contributed by atoms with Crippen LogP contribution in [0.2, 0.25) is 0 Å². The van der Waals surface area contributed by atoms with Gasteiger partial charge in [-0.05, 0) is 24.6 Å². The van der Waals surface area contributed by atoms with Gasteiger partial charge in [0.15, 0.2) is 5.96 Å². The molecule has 0 saturated carbocycles. The lowest BCUT2D eigenvalue weighted by Gasteiger charge is -2.13. The van der Waals surface area contributed by atoms with Gasteiger partial charge in [-0.1, -0.05) is 13.0 Å². The summed E-state index contributed by atoms with van der Waals surface area (Å²) in [6.45, 7) is 5.77. The van der Waals surface area contributed by atoms with Crippen molar-refractivity contribution < 1.29 is 4.39 Å². The Morgan fingerprint density at radius 1 is 1.29 bits per heavy atom. The molecule has 3 rings (SSSR count). The van der Waals surface area contributed by atoms with Crippen LogP contribution in [0.3, 0.4) is 0 Å². The van der Waals surface area contributed by atoms with E-state index in [1.807, 2.05) is 24.5 Å². The molecular formula is C19H25FN8. The number of benzene rings is 1. The van der Waals surface area contributed by atoms with Crippen LogP contribution in [0.15, 0.2) is 41.9 Å². The number of rotatable bonds is 7. The van der Waals surface area contributed by atoms with E-state index in [0.29, 0.717) is 24.7 Å². The molecule has 0 unspecified atom stereocenters. The monoisotopic (exact) mass is 384 g/mol. The molecule has 0 radical (unpaired) electrons. The first-order valence-electron chi connectivity index (χ1n) is 9.22. The summed E-state index contributed by atoms with van der Waals surface area (Å²) in [7, 11) is 1.71. The number of hydrogen-bond acceptors (Lipinski definition) is 4. The second kappa shape index (κ2) is 9.12. The third-order valence-electron chi connectivity index (χ3n) is 4.44. The number of imidazole rings is 1. The van der Waals surface area contributed by atoms with E-state index in [-0.39, 0.29) is 5.82 Å². The first-order chi connectivity index (χ1) is 13.6. The number of hydrogen-bond donors (Lipinski definition) is 2. The van der Waals surface area contributed by atoms with Gasteiger partial charge in [0, 0.05) is 45.5 Å². The van der Waals surface area contributed by atoms with Gasteiger partial charge in [0.2, 0.25) is 0 Å². The molecule has 0 fully saturated rings. The van der Waals surface area contributed by atoms with E-state index in [4.69, 9.17) is 0 Å². The standard InChI is InChI=1S/C19H25FN8/c1-4-18-26-25-13-27(18)9-7-23-19(21-3)24-12-15-5-6-17(16(20)11-15)28-10-8-22-14(28)2/h5-6,8,10-11,13H,4,7,9,12H2,1-3H3,(H2,21,23,24). The van der Waals surface area contributed by atoms with Gasteiger partial charge in [-0.3, -0.25) is 4.99 Å². The summed E-state index contributed by atoms with van der Waals surface area (Å²) in [6, 6.07) is 5.18. The molecule has 0 saturated heterocycles. The molecule has 2 heterocycles. The second-order valence-electron chi connectivity index (χ2n) is 6.28. The van der Waals surface area contributed by atoms with Crippen molar-refractivity contribution in [3.05, 3.63) is 59.9 Å². The highest BCUT2D eigenvalue weighted by atomic mass is 19.1. The summed E-state index contributed by atoms with van der Waals surface area (Å²) in [6.07, 6.45) is 5.97. The van der Waals surface area contributed by atoms with E-state index < -0.39 is 0 Å². The molecule has 0 aliphatic rings. The fourth-order valence-electron chi connectivity index (χ4n) is 2.93. The number of aliphatic imine (C=N–C) groups is 1. The number of nitrogens with zero attached hydrogens (tertiary/aromatic N) is 6. The molecular weight excluding hydrogens is 359 g/mol. The summed E-state index contributed by atoms with van der Waals surface area (Å²) in [5.41, 5.74) is 1.32. The van der Waals surface area contributed by atoms with E-state index in [9.17, 15) is 4.39 Å². The maximum absolute atomic E-state index is 14.5. The van der Waals surface area contributed by atoms with Crippen molar-refractivity contribution in [1.82, 2.24) is 34.9 Å². The Morgan fingerprint density at radius 3 is 2.82 bits per heavy atom. The lowest BCUT2D eigenvalue weighted by molar-refractivity contribution is 0.612. The molecule has 3 aromatic rings. The van der Waals surface area contributed by atoms with Crippen molar-refractivity contribution in [1.29, 1.82) is 0 Å². The molecule has 148 valence electrons. The van der Waals surface area contributed by atoms with E-state index in [1.54, 1.807) is 36.4 Å². The number of aryl methyl sites for hydroxylation is 2. The van der Waals surface area contributed by atoms with Crippen LogP contribution in [0.4, 0.5) is 4.39 Å². The van der Waals surface area contributed by atoms with Crippen LogP contribution in [-0.2, 0) is 19.5 Å². The first-order valence-corrected chi connectivity index (χ1v) is 9.22. The van der Waals surface area contributed by atoms with Crippen molar-refractivity contribution in [2.75, 3.05) is 13.6 Å². The van der Waals surface area contributed by atoms with Crippen molar-refractivity contribution in [2.45, 2.75) is 33.4 Å². The SMILES string of the molecule is CCc1nncn1CCNC(=NC)NCc1ccc(-n2ccnc2C)c(F)c1. The Balaban J connectivity index is 1.53. The van der Waals surface area contributed by atoms with Crippen molar-refractivity contribution in [3.8, 4) is 5.69 Å². The van der Waals surface area contributed by atoms with Crippen molar-refractivity contribution >= 4 is 5.96 Å². The molecule has 0 aliphatic carbocycles. The molecule has 0 spiro atoms. The van der Waals surface area contributed by atoms with Crippen LogP contribution < -0.4 is 10.6 Å². The van der Waals surface area contributed by atoms with Gasteiger partial charge >= 0.3 is 0 Å². The molecule has 9 heteroatoms. The molecule has 0 aliphatic heterocycles. The smallest absolute Gasteiger partial charge is 0.191 e. The van der Waals surface area contributed by atoms with Gasteiger partial charge in [0.05, 0.1) is 5.69 Å². The normalized spacial score (nSPS) is 11.6. The largest absolute Gasteiger partial charge is 0.355 e. The first kappa shape index (κ1) is 19.5. The average Bonchev–Trinajstić information content (AvgIpc) is 3.33. The van der Waals surface area contributed by atoms with E-state index in [1.165, 1.54) is 6.07 Å². The second-order valence-corrected chi connectivity index (χ2v) is 6.28. The third-order valence-corrected chi connectivity index (χ3v) is 4.44. The van der Waals surface area contributed by atoms with Crippen LogP contribution in [0.5, 0.6) is 0 Å². The molecule has 1 aromatic carbocycles. The van der Waals surface area contributed by atoms with Crippen LogP contribution in [0, 0.1) is 12.7 Å². The zero-order chi connectivity index (χ0) is 19.9. The summed E-state index contributed by atoms with van der Waals surface area (Å²) >= 11 is 0. The molecule has 2 aromatic heterocycles. The van der Waals surface area contributed by atoms with Crippen molar-refractivity contribution in [2.24, 2.45) is 4.99 Å². The number of aromatic nitrogens is 5. The third kappa shape index (κ3) is 4.54. The number of guanidine groups is 1. The van der Waals surface area contributed by atoms with E-state index >= 15 is 0 Å². The van der Waals surface area contributed by atoms with Gasteiger partial charge < -0.3 is 19.8 Å². The zero-order valence-electron chi connectivity index (χ0n) is 16.4. The van der Waals surface area contributed by atoms with Gasteiger partial charge in [0.25, 0.3) is 0 Å². The predicted octanol–water partition coefficient (Wildman–Crippen LogP) is 1.84. The summed E-state index contributed by atoms with van der Waals surface area (Å²) in [5.74, 6) is 2.06. The zero-order valence-corrected chi connectivity index (χ0v) is 16.4. The van der Waals surface area contributed by atoms with Crippen LogP contribution >= 0.6 is 0 Å². The molecule has 0 atom stereocenters. The predicted molar refractivity (Wildman–Crippen MR) is 106 cm³/mol. The van der Waals surface area contributed by atoms with Crippen molar-refractivity contribution in [3.63, 3.8) is 0 Å². The number of nitrogens with one attached hydrogen (secondary N) is 2. The van der Waals surface area contributed by atoms with Crippen LogP contribution in [0.1, 0.15) is 24.1 Å². The summed E-state index contributed by atoms with van der Waals surface area (Å²) in [4.78, 5) is 8.34. The topological polar surface area (TPSA) is 85.0 Å². The Hall–Kier alpha value is -3.23. The quantitative estimate of drug-likeness (QED) is 0.480. The van der Waals surface area contributed by atoms with Gasteiger partial charge in [-0.2, -0.15) is 0 Å². The molecule has 28 heavy (non-hydrogen) atoms. The minimum Gasteiger partial charge on any atom is -0.355 e. The van der Waals surface area contributed by atoms with E-state index in [0.717, 1.165) is 30.2 Å². The van der Waals surface area contributed by atoms with Gasteiger partial charge in [-0.25, -0.2) is 9.37 Å². The lowest BCUT2D eigenvalue weighted by Crippen LogP contribution is -2.38. The summed E-state index contributed by atoms with van der Waals surface area (Å²) in [5, 5.41) is 14.4. The van der Waals surface area contributed by atoms with Crippen LogP contribution in [0.25, 0.3) is 5.69 Å². The van der Waals surface area contributed by atoms with Crippen LogP contribution in [-0.4, -0.2) is 43.9 Å². The van der Waals surface area contributed by atoms with Gasteiger partial charge in [-0.15, -0.1) is 10.2 Å². The maximum Gasteiger partial charge on any atom is 0.191 e. The maximum atomic E-state index is 14.5. The molecule has 0 amide bonds. The molecule has 2 N–H and O–H groups in total. The van der Waals surface area contributed by atoms with E-state index in [2.05, 4.69) is 30.8 Å². The lowest BCUT2D eigenvalue weighted by atomic mass is 10.2. The minimum absolute atomic E-state index is 0.289. The highest BCUT2D eigenvalue weighted by Crippen LogP contribution is 2.16. The fourth-order valence-corrected chi connectivity index (χ4v) is 2.93. The average molecular weight is 384 g/mol. The fraction of sp³-hybridized carbons (Fsp3) is 0.368.